The van der Waals surface area contributed by atoms with Gasteiger partial charge in [0.25, 0.3) is 0 Å². The number of carbonyl (C=O) groups is 1. The molecule has 0 unspecified atom stereocenters. The Morgan fingerprint density at radius 3 is 2.00 bits per heavy atom. The van der Waals surface area contributed by atoms with Crippen molar-refractivity contribution in [2.45, 2.75) is 0 Å². The summed E-state index contributed by atoms with van der Waals surface area (Å²) in [5.74, 6) is 0.0536. The van der Waals surface area contributed by atoms with Crippen molar-refractivity contribution in [2.75, 3.05) is 19.0 Å². The molecule has 0 amide bonds. The first-order valence-corrected chi connectivity index (χ1v) is 7.63. The molecule has 2 heteroatoms. The van der Waals surface area contributed by atoms with E-state index in [1.165, 1.54) is 0 Å². The number of hydrogen-bond acceptors (Lipinski definition) is 2. The number of ketones is 1. The first-order valence-electron chi connectivity index (χ1n) is 7.63. The number of carbonyl (C=O) groups excluding carboxylic acids is 1. The largest absolute Gasteiger partial charge is 0.378 e. The molecule has 3 rings (SSSR count). The normalized spacial score (nSPS) is 10.3. The van der Waals surface area contributed by atoms with Gasteiger partial charge in [-0.2, -0.15) is 0 Å². The van der Waals surface area contributed by atoms with Crippen LogP contribution in [0.25, 0.3) is 11.1 Å². The van der Waals surface area contributed by atoms with Gasteiger partial charge in [0.15, 0.2) is 5.78 Å². The van der Waals surface area contributed by atoms with E-state index < -0.39 is 0 Å². The highest BCUT2D eigenvalue weighted by molar-refractivity contribution is 6.12. The standard InChI is InChI=1S/C21H19NO/c1-22(2)18-14-12-16(13-15-18)19-10-6-7-11-20(19)21(23)17-8-4-3-5-9-17/h3-15H,1-2H3. The van der Waals surface area contributed by atoms with Crippen molar-refractivity contribution in [3.63, 3.8) is 0 Å². The first kappa shape index (κ1) is 15.0. The third kappa shape index (κ3) is 3.16. The molecule has 0 atom stereocenters. The molecule has 114 valence electrons. The third-order valence-electron chi connectivity index (χ3n) is 3.90. The minimum Gasteiger partial charge on any atom is -0.378 e. The van der Waals surface area contributed by atoms with Gasteiger partial charge in [-0.05, 0) is 23.3 Å². The number of hydrogen-bond donors (Lipinski definition) is 0. The first-order chi connectivity index (χ1) is 11.2. The van der Waals surface area contributed by atoms with Gasteiger partial charge in [-0.3, -0.25) is 4.79 Å². The Morgan fingerprint density at radius 1 is 0.739 bits per heavy atom. The van der Waals surface area contributed by atoms with E-state index >= 15 is 0 Å². The van der Waals surface area contributed by atoms with Gasteiger partial charge < -0.3 is 4.90 Å². The zero-order chi connectivity index (χ0) is 16.2. The fraction of sp³-hybridized carbons (Fsp3) is 0.0952. The van der Waals surface area contributed by atoms with Crippen molar-refractivity contribution < 1.29 is 4.79 Å². The predicted octanol–water partition coefficient (Wildman–Crippen LogP) is 4.65. The van der Waals surface area contributed by atoms with E-state index in [9.17, 15) is 4.79 Å². The Morgan fingerprint density at radius 2 is 1.35 bits per heavy atom. The van der Waals surface area contributed by atoms with Crippen molar-refractivity contribution in [1.82, 2.24) is 0 Å². The van der Waals surface area contributed by atoms with Gasteiger partial charge in [0.2, 0.25) is 0 Å². The molecule has 0 saturated heterocycles. The summed E-state index contributed by atoms with van der Waals surface area (Å²) < 4.78 is 0. The number of rotatable bonds is 4. The molecule has 0 radical (unpaired) electrons. The fourth-order valence-corrected chi connectivity index (χ4v) is 2.62. The van der Waals surface area contributed by atoms with Crippen molar-refractivity contribution in [3.8, 4) is 11.1 Å². The van der Waals surface area contributed by atoms with Gasteiger partial charge in [0.1, 0.15) is 0 Å². The molecular weight excluding hydrogens is 282 g/mol. The Labute approximate surface area is 137 Å². The van der Waals surface area contributed by atoms with Crippen LogP contribution in [0, 0.1) is 0 Å². The van der Waals surface area contributed by atoms with Crippen LogP contribution in [0.4, 0.5) is 5.69 Å². The van der Waals surface area contributed by atoms with Gasteiger partial charge in [0.05, 0.1) is 0 Å². The molecule has 0 aliphatic heterocycles. The molecule has 2 nitrogen and oxygen atoms in total. The minimum absolute atomic E-state index is 0.0536. The lowest BCUT2D eigenvalue weighted by Gasteiger charge is -2.14. The van der Waals surface area contributed by atoms with Crippen molar-refractivity contribution >= 4 is 11.5 Å². The third-order valence-corrected chi connectivity index (χ3v) is 3.90. The van der Waals surface area contributed by atoms with E-state index in [1.807, 2.05) is 68.7 Å². The van der Waals surface area contributed by atoms with Crippen molar-refractivity contribution in [1.29, 1.82) is 0 Å². The summed E-state index contributed by atoms with van der Waals surface area (Å²) in [4.78, 5) is 14.9. The topological polar surface area (TPSA) is 20.3 Å². The minimum atomic E-state index is 0.0536. The van der Waals surface area contributed by atoms with Crippen LogP contribution in [0.15, 0.2) is 78.9 Å². The second kappa shape index (κ2) is 6.49. The van der Waals surface area contributed by atoms with Crippen LogP contribution in [0.3, 0.4) is 0 Å². The fourth-order valence-electron chi connectivity index (χ4n) is 2.62. The maximum absolute atomic E-state index is 12.8. The lowest BCUT2D eigenvalue weighted by atomic mass is 9.94. The second-order valence-corrected chi connectivity index (χ2v) is 5.68. The van der Waals surface area contributed by atoms with E-state index in [1.54, 1.807) is 0 Å². The highest BCUT2D eigenvalue weighted by atomic mass is 16.1. The van der Waals surface area contributed by atoms with Gasteiger partial charge in [-0.1, -0.05) is 66.7 Å². The molecular formula is C21H19NO. The average Bonchev–Trinajstić information content (AvgIpc) is 2.62. The SMILES string of the molecule is CN(C)c1ccc(-c2ccccc2C(=O)c2ccccc2)cc1. The summed E-state index contributed by atoms with van der Waals surface area (Å²) in [5.41, 5.74) is 4.60. The van der Waals surface area contributed by atoms with E-state index in [-0.39, 0.29) is 5.78 Å². The maximum atomic E-state index is 12.8. The molecule has 0 aliphatic rings. The van der Waals surface area contributed by atoms with Crippen LogP contribution in [0.2, 0.25) is 0 Å². The van der Waals surface area contributed by atoms with Gasteiger partial charge in [-0.15, -0.1) is 0 Å². The summed E-state index contributed by atoms with van der Waals surface area (Å²) in [6, 6.07) is 25.4. The van der Waals surface area contributed by atoms with Crippen LogP contribution >= 0.6 is 0 Å². The van der Waals surface area contributed by atoms with E-state index in [0.717, 1.165) is 22.4 Å². The Bertz CT molecular complexity index is 805. The molecule has 23 heavy (non-hydrogen) atoms. The van der Waals surface area contributed by atoms with Crippen molar-refractivity contribution in [2.24, 2.45) is 0 Å². The van der Waals surface area contributed by atoms with Gasteiger partial charge in [-0.25, -0.2) is 0 Å². The molecule has 0 N–H and O–H groups in total. The van der Waals surface area contributed by atoms with E-state index in [0.29, 0.717) is 5.56 Å². The van der Waals surface area contributed by atoms with Gasteiger partial charge in [0, 0.05) is 30.9 Å². The van der Waals surface area contributed by atoms with E-state index in [2.05, 4.69) is 29.2 Å². The quantitative estimate of drug-likeness (QED) is 0.654. The molecule has 0 bridgehead atoms. The highest BCUT2D eigenvalue weighted by Crippen LogP contribution is 2.27. The van der Waals surface area contributed by atoms with Crippen LogP contribution < -0.4 is 4.90 Å². The van der Waals surface area contributed by atoms with Gasteiger partial charge >= 0.3 is 0 Å². The summed E-state index contributed by atoms with van der Waals surface area (Å²) in [6.45, 7) is 0. The average molecular weight is 301 g/mol. The Balaban J connectivity index is 2.03. The van der Waals surface area contributed by atoms with Crippen LogP contribution in [-0.2, 0) is 0 Å². The molecule has 0 aliphatic carbocycles. The highest BCUT2D eigenvalue weighted by Gasteiger charge is 2.14. The van der Waals surface area contributed by atoms with Crippen LogP contribution in [-0.4, -0.2) is 19.9 Å². The van der Waals surface area contributed by atoms with Crippen LogP contribution in [0.1, 0.15) is 15.9 Å². The molecule has 0 spiro atoms. The lowest BCUT2D eigenvalue weighted by molar-refractivity contribution is 0.103. The van der Waals surface area contributed by atoms with E-state index in [4.69, 9.17) is 0 Å². The molecule has 0 heterocycles. The second-order valence-electron chi connectivity index (χ2n) is 5.68. The number of benzene rings is 3. The number of nitrogens with zero attached hydrogens (tertiary/aromatic N) is 1. The predicted molar refractivity (Wildman–Crippen MR) is 96.1 cm³/mol. The summed E-state index contributed by atoms with van der Waals surface area (Å²) in [5, 5.41) is 0. The number of anilines is 1. The zero-order valence-electron chi connectivity index (χ0n) is 13.4. The molecule has 3 aromatic carbocycles. The summed E-state index contributed by atoms with van der Waals surface area (Å²) in [7, 11) is 4.03. The lowest BCUT2D eigenvalue weighted by Crippen LogP contribution is -2.08. The summed E-state index contributed by atoms with van der Waals surface area (Å²) in [6.07, 6.45) is 0. The molecule has 0 fully saturated rings. The smallest absolute Gasteiger partial charge is 0.193 e. The molecule has 0 saturated carbocycles. The summed E-state index contributed by atoms with van der Waals surface area (Å²) >= 11 is 0. The Kier molecular flexibility index (Phi) is 4.24. The Hall–Kier alpha value is -2.87. The zero-order valence-corrected chi connectivity index (χ0v) is 13.4. The van der Waals surface area contributed by atoms with Crippen LogP contribution in [0.5, 0.6) is 0 Å². The van der Waals surface area contributed by atoms with Crippen molar-refractivity contribution in [3.05, 3.63) is 90.0 Å². The molecule has 3 aromatic rings. The monoisotopic (exact) mass is 301 g/mol. The molecule has 0 aromatic heterocycles. The maximum Gasteiger partial charge on any atom is 0.193 e.